The minimum Gasteiger partial charge on any atom is -1.00 e. The number of rotatable bonds is 8. The van der Waals surface area contributed by atoms with Crippen molar-refractivity contribution in [2.24, 2.45) is 5.92 Å². The van der Waals surface area contributed by atoms with Gasteiger partial charge in [-0.2, -0.15) is 0 Å². The average molecular weight is 419 g/mol. The van der Waals surface area contributed by atoms with Gasteiger partial charge in [-0.05, 0) is 6.08 Å². The lowest BCUT2D eigenvalue weighted by molar-refractivity contribution is -0.897. The Hall–Kier alpha value is -0.440. The lowest BCUT2D eigenvalue weighted by atomic mass is 9.98. The van der Waals surface area contributed by atoms with E-state index in [9.17, 15) is 14.7 Å². The quantitative estimate of drug-likeness (QED) is 0.296. The molecule has 0 aliphatic heterocycles. The average Bonchev–Trinajstić information content (AvgIpc) is 2.23. The Morgan fingerprint density at radius 3 is 2.05 bits per heavy atom. The summed E-state index contributed by atoms with van der Waals surface area (Å²) in [5.74, 6) is -1.23. The summed E-state index contributed by atoms with van der Waals surface area (Å²) in [6.45, 7) is 4.40. The third-order valence-corrected chi connectivity index (χ3v) is 2.75. The van der Waals surface area contributed by atoms with E-state index in [1.54, 1.807) is 0 Å². The smallest absolute Gasteiger partial charge is 0.363 e. The van der Waals surface area contributed by atoms with Gasteiger partial charge >= 0.3 is 5.97 Å². The lowest BCUT2D eigenvalue weighted by Gasteiger charge is -2.27. The summed E-state index contributed by atoms with van der Waals surface area (Å²) in [4.78, 5) is 24.5. The molecule has 0 rings (SSSR count). The number of quaternary nitrogens is 2. The van der Waals surface area contributed by atoms with Gasteiger partial charge in [-0.25, -0.2) is 4.79 Å². The van der Waals surface area contributed by atoms with E-state index in [1.165, 1.54) is 6.08 Å². The van der Waals surface area contributed by atoms with Crippen molar-refractivity contribution in [2.45, 2.75) is 6.04 Å². The summed E-state index contributed by atoms with van der Waals surface area (Å²) in [5.41, 5.74) is 0. The van der Waals surface area contributed by atoms with Crippen LogP contribution in [0.5, 0.6) is 0 Å². The van der Waals surface area contributed by atoms with Gasteiger partial charge in [0.1, 0.15) is 0 Å². The van der Waals surface area contributed by atoms with Gasteiger partial charge in [0.15, 0.2) is 6.04 Å². The van der Waals surface area contributed by atoms with Crippen LogP contribution in [0.15, 0.2) is 12.7 Å². The van der Waals surface area contributed by atoms with E-state index in [-0.39, 0.29) is 45.8 Å². The van der Waals surface area contributed by atoms with Gasteiger partial charge in [0.05, 0.1) is 40.7 Å². The summed E-state index contributed by atoms with van der Waals surface area (Å²) >= 11 is 0. The summed E-state index contributed by atoms with van der Waals surface area (Å²) in [6.07, 6.45) is 1.19. The molecule has 0 spiro atoms. The van der Waals surface area contributed by atoms with Gasteiger partial charge < -0.3 is 54.2 Å². The molecular formula is C12H25Br2N3O3. The number of carboxylic acids is 1. The zero-order chi connectivity index (χ0) is 14.3. The summed E-state index contributed by atoms with van der Waals surface area (Å²) in [7, 11) is 7.55. The Labute approximate surface area is 141 Å². The third-order valence-electron chi connectivity index (χ3n) is 2.75. The topological polar surface area (TPSA) is 75.3 Å². The molecule has 0 aliphatic rings. The second kappa shape index (κ2) is 12.3. The van der Waals surface area contributed by atoms with E-state index in [1.807, 2.05) is 28.2 Å². The highest BCUT2D eigenvalue weighted by atomic mass is 79.9. The van der Waals surface area contributed by atoms with Crippen molar-refractivity contribution in [3.05, 3.63) is 12.7 Å². The molecule has 0 bridgehead atoms. The fraction of sp³-hybridized carbons (Fsp3) is 0.667. The first-order valence-electron chi connectivity index (χ1n) is 6.01. The van der Waals surface area contributed by atoms with E-state index in [2.05, 4.69) is 11.9 Å². The summed E-state index contributed by atoms with van der Waals surface area (Å²) in [5, 5.41) is 12.0. The number of hydrogen-bond donors (Lipinski definition) is 4. The molecule has 2 unspecified atom stereocenters. The fourth-order valence-corrected chi connectivity index (χ4v) is 2.06. The number of carbonyl (C=O) groups is 2. The Balaban J connectivity index is -0.00000144. The number of nitrogens with one attached hydrogen (secondary N) is 3. The molecule has 6 nitrogen and oxygen atoms in total. The summed E-state index contributed by atoms with van der Waals surface area (Å²) < 4.78 is 0. The summed E-state index contributed by atoms with van der Waals surface area (Å²) in [6, 6.07) is -0.537. The molecule has 20 heavy (non-hydrogen) atoms. The van der Waals surface area contributed by atoms with Gasteiger partial charge in [-0.1, -0.05) is 6.58 Å². The molecule has 0 heterocycles. The Bertz CT molecular complexity index is 312. The van der Waals surface area contributed by atoms with Crippen LogP contribution in [0, 0.1) is 5.92 Å². The molecule has 0 radical (unpaired) electrons. The van der Waals surface area contributed by atoms with Crippen molar-refractivity contribution in [1.29, 1.82) is 0 Å². The van der Waals surface area contributed by atoms with E-state index in [4.69, 9.17) is 0 Å². The number of carbonyl (C=O) groups excluding carboxylic acids is 1. The maximum Gasteiger partial charge on any atom is 0.363 e. The van der Waals surface area contributed by atoms with Crippen molar-refractivity contribution in [3.8, 4) is 0 Å². The van der Waals surface area contributed by atoms with Crippen molar-refractivity contribution in [3.63, 3.8) is 0 Å². The molecule has 0 saturated carbocycles. The second-order valence-corrected chi connectivity index (χ2v) is 5.01. The SMILES string of the molecule is C=CC(=O)NCC(C[NH+](C)C)C(C(=O)O)[NH+](C)C.[Br-].[Br-]. The van der Waals surface area contributed by atoms with E-state index >= 15 is 0 Å². The Morgan fingerprint density at radius 2 is 1.75 bits per heavy atom. The van der Waals surface area contributed by atoms with Crippen LogP contribution in [-0.4, -0.2) is 64.3 Å². The first-order valence-corrected chi connectivity index (χ1v) is 6.01. The zero-order valence-corrected chi connectivity index (χ0v) is 15.5. The highest BCUT2D eigenvalue weighted by Gasteiger charge is 2.35. The Kier molecular flexibility index (Phi) is 15.1. The molecule has 0 fully saturated rings. The van der Waals surface area contributed by atoms with Crippen LogP contribution in [0.25, 0.3) is 0 Å². The van der Waals surface area contributed by atoms with Gasteiger partial charge in [-0.3, -0.25) is 4.79 Å². The van der Waals surface area contributed by atoms with E-state index < -0.39 is 12.0 Å². The minimum atomic E-state index is -0.839. The van der Waals surface area contributed by atoms with E-state index in [0.29, 0.717) is 13.1 Å². The van der Waals surface area contributed by atoms with Crippen LogP contribution in [-0.2, 0) is 9.59 Å². The molecule has 0 aliphatic carbocycles. The number of carboxylic acid groups (broad SMARTS) is 1. The molecule has 4 N–H and O–H groups in total. The van der Waals surface area contributed by atoms with Gasteiger partial charge in [-0.15, -0.1) is 0 Å². The van der Waals surface area contributed by atoms with Gasteiger partial charge in [0.2, 0.25) is 5.91 Å². The van der Waals surface area contributed by atoms with Gasteiger partial charge in [0, 0.05) is 6.54 Å². The monoisotopic (exact) mass is 417 g/mol. The molecule has 0 aromatic carbocycles. The first kappa shape index (κ1) is 24.6. The van der Waals surface area contributed by atoms with Gasteiger partial charge in [0.25, 0.3) is 0 Å². The molecule has 1 amide bonds. The zero-order valence-electron chi connectivity index (χ0n) is 12.4. The highest BCUT2D eigenvalue weighted by Crippen LogP contribution is 1.98. The third kappa shape index (κ3) is 9.46. The molecular weight excluding hydrogens is 394 g/mol. The van der Waals surface area contributed by atoms with Crippen LogP contribution in [0.3, 0.4) is 0 Å². The predicted octanol–water partition coefficient (Wildman–Crippen LogP) is -9.35. The molecule has 120 valence electrons. The normalized spacial score (nSPS) is 12.9. The van der Waals surface area contributed by atoms with E-state index in [0.717, 1.165) is 9.80 Å². The van der Waals surface area contributed by atoms with Crippen molar-refractivity contribution in [1.82, 2.24) is 5.32 Å². The van der Waals surface area contributed by atoms with Crippen LogP contribution in [0.2, 0.25) is 0 Å². The maximum atomic E-state index is 11.3. The largest absolute Gasteiger partial charge is 1.00 e. The lowest BCUT2D eigenvalue weighted by Crippen LogP contribution is -3.14. The molecule has 0 aromatic heterocycles. The van der Waals surface area contributed by atoms with Crippen LogP contribution in [0.4, 0.5) is 0 Å². The van der Waals surface area contributed by atoms with Crippen LogP contribution >= 0.6 is 0 Å². The fourth-order valence-electron chi connectivity index (χ4n) is 2.06. The number of aliphatic carboxylic acids is 1. The van der Waals surface area contributed by atoms with Crippen LogP contribution < -0.4 is 49.1 Å². The second-order valence-electron chi connectivity index (χ2n) is 5.01. The highest BCUT2D eigenvalue weighted by molar-refractivity contribution is 5.86. The number of likely N-dealkylation sites (N-methyl/N-ethyl adjacent to an activating group) is 1. The van der Waals surface area contributed by atoms with Crippen LogP contribution in [0.1, 0.15) is 0 Å². The first-order chi connectivity index (χ1) is 8.29. The standard InChI is InChI=1S/C12H23N3O3.2BrH/c1-6-10(16)13-7-9(8-14(2)3)11(12(17)18)15(4)5;;/h6,9,11H,1,7-8H2,2-5H3,(H,13,16)(H,17,18);2*1H. The predicted molar refractivity (Wildman–Crippen MR) is 68.6 cm³/mol. The number of hydrogen-bond acceptors (Lipinski definition) is 2. The Morgan fingerprint density at radius 1 is 1.25 bits per heavy atom. The number of halogens is 2. The molecule has 8 heteroatoms. The van der Waals surface area contributed by atoms with Crippen molar-refractivity contribution >= 4 is 11.9 Å². The molecule has 0 aromatic rings. The number of amides is 1. The van der Waals surface area contributed by atoms with Crippen molar-refractivity contribution in [2.75, 3.05) is 41.3 Å². The van der Waals surface area contributed by atoms with Crippen molar-refractivity contribution < 1.29 is 58.5 Å². The molecule has 2 atom stereocenters. The molecule has 0 saturated heterocycles. The minimum absolute atomic E-state index is 0. The maximum absolute atomic E-state index is 11.3.